The van der Waals surface area contributed by atoms with Gasteiger partial charge in [-0.2, -0.15) is 5.10 Å². The highest BCUT2D eigenvalue weighted by molar-refractivity contribution is 5.67. The Balaban J connectivity index is 1.66. The van der Waals surface area contributed by atoms with E-state index in [0.717, 1.165) is 48.3 Å². The van der Waals surface area contributed by atoms with Crippen LogP contribution in [0, 0.1) is 12.7 Å². The number of aryl methyl sites for hydroxylation is 1. The molecule has 1 unspecified atom stereocenters. The van der Waals surface area contributed by atoms with Gasteiger partial charge in [0.15, 0.2) is 0 Å². The topological polar surface area (TPSA) is 95.6 Å². The van der Waals surface area contributed by atoms with Crippen molar-refractivity contribution in [2.24, 2.45) is 0 Å². The Morgan fingerprint density at radius 1 is 1.17 bits per heavy atom. The van der Waals surface area contributed by atoms with Gasteiger partial charge >= 0.3 is 5.97 Å². The predicted octanol–water partition coefficient (Wildman–Crippen LogP) is 4.58. The van der Waals surface area contributed by atoms with Gasteiger partial charge in [0.1, 0.15) is 5.82 Å². The molecule has 0 aliphatic heterocycles. The summed E-state index contributed by atoms with van der Waals surface area (Å²) in [4.78, 5) is 10.8. The standard InChI is InChI=1S/C28H31FN2O4/c1-18-5-7-19(8-6-18)15-20-3-2-4-25-26(14-13-23(32)16-24(33)17-27(34)35)31(30-28(20)25)22-11-9-21(29)10-12-22/h5-14,20,23-24,32-33H,2-4,15-17H2,1H3,(H,34,35)/b14-13+/t20?,23-,24-/m0/s1. The van der Waals surface area contributed by atoms with Crippen molar-refractivity contribution in [2.75, 3.05) is 0 Å². The fraction of sp³-hybridized carbons (Fsp3) is 0.357. The smallest absolute Gasteiger partial charge is 0.305 e. The summed E-state index contributed by atoms with van der Waals surface area (Å²) in [5.41, 5.74) is 6.12. The Hall–Kier alpha value is -3.29. The van der Waals surface area contributed by atoms with Gasteiger partial charge in [-0.3, -0.25) is 4.79 Å². The van der Waals surface area contributed by atoms with Gasteiger partial charge in [0.25, 0.3) is 0 Å². The van der Waals surface area contributed by atoms with Crippen molar-refractivity contribution in [1.82, 2.24) is 9.78 Å². The van der Waals surface area contributed by atoms with Crippen molar-refractivity contribution in [3.8, 4) is 5.69 Å². The van der Waals surface area contributed by atoms with Gasteiger partial charge in [0.2, 0.25) is 0 Å². The summed E-state index contributed by atoms with van der Waals surface area (Å²) in [5.74, 6) is -1.20. The average molecular weight is 479 g/mol. The number of halogens is 1. The number of rotatable bonds is 9. The second kappa shape index (κ2) is 11.0. The molecule has 0 radical (unpaired) electrons. The molecule has 1 aromatic heterocycles. The minimum atomic E-state index is -1.14. The number of nitrogens with zero attached hydrogens (tertiary/aromatic N) is 2. The zero-order valence-corrected chi connectivity index (χ0v) is 19.8. The summed E-state index contributed by atoms with van der Waals surface area (Å²) >= 11 is 0. The molecule has 1 heterocycles. The van der Waals surface area contributed by atoms with Gasteiger partial charge in [-0.05, 0) is 68.5 Å². The van der Waals surface area contributed by atoms with Crippen LogP contribution in [0.15, 0.2) is 54.6 Å². The van der Waals surface area contributed by atoms with Crippen molar-refractivity contribution < 1.29 is 24.5 Å². The Kier molecular flexibility index (Phi) is 7.78. The van der Waals surface area contributed by atoms with E-state index in [4.69, 9.17) is 10.2 Å². The number of aliphatic hydroxyl groups is 2. The largest absolute Gasteiger partial charge is 0.481 e. The fourth-order valence-corrected chi connectivity index (χ4v) is 4.73. The van der Waals surface area contributed by atoms with Gasteiger partial charge < -0.3 is 15.3 Å². The van der Waals surface area contributed by atoms with E-state index in [-0.39, 0.29) is 18.2 Å². The lowest BCUT2D eigenvalue weighted by Gasteiger charge is -2.21. The van der Waals surface area contributed by atoms with Crippen LogP contribution in [0.1, 0.15) is 59.7 Å². The lowest BCUT2D eigenvalue weighted by Crippen LogP contribution is -2.19. The average Bonchev–Trinajstić information content (AvgIpc) is 3.18. The first-order valence-electron chi connectivity index (χ1n) is 12.0. The molecule has 0 saturated heterocycles. The fourth-order valence-electron chi connectivity index (χ4n) is 4.73. The Labute approximate surface area is 204 Å². The molecule has 3 N–H and O–H groups in total. The summed E-state index contributed by atoms with van der Waals surface area (Å²) in [6.45, 7) is 2.07. The molecule has 7 heteroatoms. The third-order valence-electron chi connectivity index (χ3n) is 6.49. The van der Waals surface area contributed by atoms with Gasteiger partial charge in [0, 0.05) is 17.9 Å². The number of carboxylic acids is 1. The van der Waals surface area contributed by atoms with Gasteiger partial charge in [-0.25, -0.2) is 9.07 Å². The molecular formula is C28H31FN2O4. The van der Waals surface area contributed by atoms with E-state index in [2.05, 4.69) is 31.2 Å². The number of fused-ring (bicyclic) bond motifs is 1. The number of hydrogen-bond acceptors (Lipinski definition) is 4. The Morgan fingerprint density at radius 2 is 1.89 bits per heavy atom. The minimum Gasteiger partial charge on any atom is -0.481 e. The molecule has 0 saturated carbocycles. The maximum atomic E-state index is 13.6. The number of aliphatic hydroxyl groups excluding tert-OH is 2. The Bertz CT molecular complexity index is 1180. The lowest BCUT2D eigenvalue weighted by atomic mass is 9.83. The SMILES string of the molecule is Cc1ccc(CC2CCCc3c2nn(-c2ccc(F)cc2)c3/C=C/[C@H](O)C[C@H](O)CC(=O)O)cc1. The van der Waals surface area contributed by atoms with Crippen LogP contribution < -0.4 is 0 Å². The highest BCUT2D eigenvalue weighted by Crippen LogP contribution is 2.37. The van der Waals surface area contributed by atoms with Crippen LogP contribution in [0.5, 0.6) is 0 Å². The second-order valence-electron chi connectivity index (χ2n) is 9.33. The number of hydrogen-bond donors (Lipinski definition) is 3. The highest BCUT2D eigenvalue weighted by atomic mass is 19.1. The third kappa shape index (κ3) is 6.24. The van der Waals surface area contributed by atoms with Crippen molar-refractivity contribution in [1.29, 1.82) is 0 Å². The zero-order valence-electron chi connectivity index (χ0n) is 19.8. The number of carboxylic acid groups (broad SMARTS) is 1. The molecule has 3 atom stereocenters. The molecule has 184 valence electrons. The Morgan fingerprint density at radius 3 is 2.57 bits per heavy atom. The normalized spacial score (nSPS) is 17.3. The minimum absolute atomic E-state index is 0.0777. The van der Waals surface area contributed by atoms with Crippen LogP contribution in [0.2, 0.25) is 0 Å². The number of aliphatic carboxylic acids is 1. The second-order valence-corrected chi connectivity index (χ2v) is 9.33. The molecule has 6 nitrogen and oxygen atoms in total. The maximum Gasteiger partial charge on any atom is 0.305 e. The molecule has 0 bridgehead atoms. The van der Waals surface area contributed by atoms with Crippen LogP contribution in [-0.4, -0.2) is 43.3 Å². The van der Waals surface area contributed by atoms with E-state index in [9.17, 15) is 19.4 Å². The van der Waals surface area contributed by atoms with Crippen molar-refractivity contribution in [2.45, 2.75) is 63.6 Å². The monoisotopic (exact) mass is 478 g/mol. The van der Waals surface area contributed by atoms with Crippen LogP contribution in [0.25, 0.3) is 11.8 Å². The molecule has 1 aliphatic carbocycles. The van der Waals surface area contributed by atoms with Crippen LogP contribution >= 0.6 is 0 Å². The molecule has 3 aromatic rings. The van der Waals surface area contributed by atoms with Crippen LogP contribution in [0.3, 0.4) is 0 Å². The number of carbonyl (C=O) groups is 1. The van der Waals surface area contributed by atoms with E-state index in [1.54, 1.807) is 29.0 Å². The van der Waals surface area contributed by atoms with E-state index >= 15 is 0 Å². The quantitative estimate of drug-likeness (QED) is 0.418. The molecule has 4 rings (SSSR count). The number of aromatic nitrogens is 2. The first-order valence-corrected chi connectivity index (χ1v) is 12.0. The first kappa shape index (κ1) is 24.8. The van der Waals surface area contributed by atoms with E-state index in [1.165, 1.54) is 23.3 Å². The summed E-state index contributed by atoms with van der Waals surface area (Å²) in [5, 5.41) is 34.0. The van der Waals surface area contributed by atoms with Crippen molar-refractivity contribution in [3.63, 3.8) is 0 Å². The van der Waals surface area contributed by atoms with Crippen LogP contribution in [0.4, 0.5) is 4.39 Å². The molecule has 0 spiro atoms. The van der Waals surface area contributed by atoms with E-state index in [1.807, 2.05) is 0 Å². The molecule has 0 amide bonds. The molecular weight excluding hydrogens is 447 g/mol. The highest BCUT2D eigenvalue weighted by Gasteiger charge is 2.28. The van der Waals surface area contributed by atoms with Gasteiger partial charge in [0.05, 0.1) is 35.7 Å². The first-order chi connectivity index (χ1) is 16.8. The summed E-state index contributed by atoms with van der Waals surface area (Å²) in [6, 6.07) is 14.7. The molecule has 35 heavy (non-hydrogen) atoms. The van der Waals surface area contributed by atoms with E-state index < -0.39 is 24.6 Å². The van der Waals surface area contributed by atoms with Gasteiger partial charge in [-0.15, -0.1) is 0 Å². The van der Waals surface area contributed by atoms with Gasteiger partial charge in [-0.1, -0.05) is 35.9 Å². The zero-order chi connectivity index (χ0) is 24.9. The molecule has 2 aromatic carbocycles. The van der Waals surface area contributed by atoms with Crippen molar-refractivity contribution in [3.05, 3.63) is 88.5 Å². The maximum absolute atomic E-state index is 13.6. The number of benzene rings is 2. The van der Waals surface area contributed by atoms with Crippen LogP contribution in [-0.2, 0) is 17.6 Å². The summed E-state index contributed by atoms with van der Waals surface area (Å²) in [7, 11) is 0. The molecule has 1 aliphatic rings. The predicted molar refractivity (Wildman–Crippen MR) is 132 cm³/mol. The third-order valence-corrected chi connectivity index (χ3v) is 6.49. The molecule has 0 fully saturated rings. The van der Waals surface area contributed by atoms with Crippen molar-refractivity contribution >= 4 is 12.0 Å². The lowest BCUT2D eigenvalue weighted by molar-refractivity contribution is -0.139. The van der Waals surface area contributed by atoms with E-state index in [0.29, 0.717) is 0 Å². The summed E-state index contributed by atoms with van der Waals surface area (Å²) < 4.78 is 15.4. The summed E-state index contributed by atoms with van der Waals surface area (Å²) in [6.07, 6.45) is 4.45.